The van der Waals surface area contributed by atoms with Crippen LogP contribution >= 0.6 is 12.2 Å². The summed E-state index contributed by atoms with van der Waals surface area (Å²) in [6.45, 7) is 1.64. The molecule has 1 aromatic carbocycles. The second kappa shape index (κ2) is 5.19. The van der Waals surface area contributed by atoms with Crippen LogP contribution in [0, 0.1) is 11.7 Å². The number of carbonyl (C=O) groups is 1. The van der Waals surface area contributed by atoms with E-state index in [9.17, 15) is 9.59 Å². The highest BCUT2D eigenvalue weighted by molar-refractivity contribution is 7.71. The normalized spacial score (nSPS) is 10.4. The van der Waals surface area contributed by atoms with Crippen LogP contribution in [0.25, 0.3) is 5.69 Å². The maximum absolute atomic E-state index is 12.4. The number of aliphatic carboxylic acids is 1. The molecule has 2 rings (SSSR count). The topological polar surface area (TPSA) is 75.1 Å². The highest BCUT2D eigenvalue weighted by atomic mass is 32.1. The van der Waals surface area contributed by atoms with Crippen molar-refractivity contribution in [3.63, 3.8) is 0 Å². The van der Waals surface area contributed by atoms with E-state index in [1.165, 1.54) is 4.57 Å². The van der Waals surface area contributed by atoms with Crippen molar-refractivity contribution in [1.82, 2.24) is 9.55 Å². The monoisotopic (exact) mass is 276 g/mol. The number of aromatic nitrogens is 2. The van der Waals surface area contributed by atoms with Gasteiger partial charge in [0.05, 0.1) is 12.1 Å². The molecular weight excluding hydrogens is 264 g/mol. The molecule has 1 heterocycles. The Morgan fingerprint density at radius 2 is 2.00 bits per heavy atom. The molecule has 0 bridgehead atoms. The largest absolute Gasteiger partial charge is 0.481 e. The Balaban J connectivity index is 2.73. The average Bonchev–Trinajstić information content (AvgIpc) is 2.35. The number of hydrogen-bond donors (Lipinski definition) is 2. The number of benzene rings is 1. The minimum atomic E-state index is -1.05. The van der Waals surface area contributed by atoms with Gasteiger partial charge in [0.25, 0.3) is 5.56 Å². The maximum Gasteiger partial charge on any atom is 0.308 e. The third-order valence-electron chi connectivity index (χ3n) is 2.75. The highest BCUT2D eigenvalue weighted by Gasteiger charge is 2.13. The quantitative estimate of drug-likeness (QED) is 0.839. The SMILES string of the molecule is Cc1[nH]c(=S)n(-c2ccccc2)c(=O)c1CC(=O)O. The zero-order valence-electron chi connectivity index (χ0n) is 10.2. The minimum absolute atomic E-state index is 0.213. The second-order valence-electron chi connectivity index (χ2n) is 4.08. The molecule has 98 valence electrons. The van der Waals surface area contributed by atoms with E-state index in [0.717, 1.165) is 0 Å². The third-order valence-corrected chi connectivity index (χ3v) is 3.04. The number of aryl methyl sites for hydroxylation is 1. The molecule has 0 saturated heterocycles. The number of carboxylic acids is 1. The van der Waals surface area contributed by atoms with Gasteiger partial charge in [-0.15, -0.1) is 0 Å². The molecule has 5 nitrogen and oxygen atoms in total. The van der Waals surface area contributed by atoms with Gasteiger partial charge in [0.2, 0.25) is 0 Å². The first-order valence-electron chi connectivity index (χ1n) is 5.62. The van der Waals surface area contributed by atoms with Gasteiger partial charge >= 0.3 is 5.97 Å². The summed E-state index contributed by atoms with van der Waals surface area (Å²) in [4.78, 5) is 26.0. The zero-order valence-corrected chi connectivity index (χ0v) is 11.0. The van der Waals surface area contributed by atoms with Crippen molar-refractivity contribution in [1.29, 1.82) is 0 Å². The van der Waals surface area contributed by atoms with Gasteiger partial charge in [0, 0.05) is 11.3 Å². The first-order chi connectivity index (χ1) is 9.00. The first-order valence-corrected chi connectivity index (χ1v) is 6.03. The van der Waals surface area contributed by atoms with Gasteiger partial charge in [-0.25, -0.2) is 0 Å². The van der Waals surface area contributed by atoms with Crippen LogP contribution in [-0.2, 0) is 11.2 Å². The van der Waals surface area contributed by atoms with Gasteiger partial charge in [-0.2, -0.15) is 0 Å². The Kier molecular flexibility index (Phi) is 3.62. The molecular formula is C13H12N2O3S. The van der Waals surface area contributed by atoms with Crippen LogP contribution in [0.5, 0.6) is 0 Å². The van der Waals surface area contributed by atoms with E-state index in [4.69, 9.17) is 17.3 Å². The van der Waals surface area contributed by atoms with Crippen LogP contribution < -0.4 is 5.56 Å². The Labute approximate surface area is 114 Å². The van der Waals surface area contributed by atoms with Crippen molar-refractivity contribution in [2.24, 2.45) is 0 Å². The number of aromatic amines is 1. The molecule has 0 spiro atoms. The first kappa shape index (κ1) is 13.2. The zero-order chi connectivity index (χ0) is 14.0. The summed E-state index contributed by atoms with van der Waals surface area (Å²) in [6.07, 6.45) is -0.330. The Bertz CT molecular complexity index is 732. The van der Waals surface area contributed by atoms with E-state index in [0.29, 0.717) is 11.4 Å². The van der Waals surface area contributed by atoms with Crippen LogP contribution in [0.4, 0.5) is 0 Å². The van der Waals surface area contributed by atoms with Crippen LogP contribution in [0.2, 0.25) is 0 Å². The van der Waals surface area contributed by atoms with Gasteiger partial charge in [0.15, 0.2) is 4.77 Å². The number of carboxylic acid groups (broad SMARTS) is 1. The Morgan fingerprint density at radius 1 is 1.37 bits per heavy atom. The summed E-state index contributed by atoms with van der Waals surface area (Å²) in [5, 5.41) is 8.86. The lowest BCUT2D eigenvalue weighted by molar-refractivity contribution is -0.136. The second-order valence-corrected chi connectivity index (χ2v) is 4.47. The number of hydrogen-bond acceptors (Lipinski definition) is 3. The molecule has 0 fully saturated rings. The Morgan fingerprint density at radius 3 is 2.58 bits per heavy atom. The van der Waals surface area contributed by atoms with E-state index in [1.807, 2.05) is 6.07 Å². The number of rotatable bonds is 3. The van der Waals surface area contributed by atoms with Crippen LogP contribution in [0.3, 0.4) is 0 Å². The Hall–Kier alpha value is -2.21. The van der Waals surface area contributed by atoms with Crippen molar-refractivity contribution < 1.29 is 9.90 Å². The van der Waals surface area contributed by atoms with Crippen molar-refractivity contribution in [3.05, 3.63) is 56.7 Å². The number of nitrogens with one attached hydrogen (secondary N) is 1. The average molecular weight is 276 g/mol. The van der Waals surface area contributed by atoms with Gasteiger partial charge in [0.1, 0.15) is 0 Å². The predicted octanol–water partition coefficient (Wildman–Crippen LogP) is 1.83. The summed E-state index contributed by atoms with van der Waals surface area (Å²) in [5.41, 5.74) is 0.921. The summed E-state index contributed by atoms with van der Waals surface area (Å²) in [7, 11) is 0. The standard InChI is InChI=1S/C13H12N2O3S/c1-8-10(7-11(16)17)12(18)15(13(19)14-8)9-5-3-2-4-6-9/h2-6H,7H2,1H3,(H,14,19)(H,16,17). The van der Waals surface area contributed by atoms with Gasteiger partial charge in [-0.05, 0) is 31.3 Å². The fourth-order valence-electron chi connectivity index (χ4n) is 1.85. The fraction of sp³-hybridized carbons (Fsp3) is 0.154. The van der Waals surface area contributed by atoms with Gasteiger partial charge in [-0.1, -0.05) is 18.2 Å². The summed E-state index contributed by atoms with van der Waals surface area (Å²) in [5.74, 6) is -1.05. The van der Waals surface area contributed by atoms with Gasteiger partial charge < -0.3 is 10.1 Å². The fourth-order valence-corrected chi connectivity index (χ4v) is 2.19. The molecule has 1 aromatic heterocycles. The summed E-state index contributed by atoms with van der Waals surface area (Å²) < 4.78 is 1.56. The van der Waals surface area contributed by atoms with Crippen molar-refractivity contribution >= 4 is 18.2 Å². The lowest BCUT2D eigenvalue weighted by Gasteiger charge is -2.10. The molecule has 0 aliphatic heterocycles. The third kappa shape index (κ3) is 2.63. The maximum atomic E-state index is 12.4. The highest BCUT2D eigenvalue weighted by Crippen LogP contribution is 2.07. The van der Waals surface area contributed by atoms with Crippen LogP contribution in [0.1, 0.15) is 11.3 Å². The van der Waals surface area contributed by atoms with E-state index in [2.05, 4.69) is 4.98 Å². The molecule has 0 atom stereocenters. The summed E-state index contributed by atoms with van der Waals surface area (Å²) in [6, 6.07) is 8.88. The molecule has 2 N–H and O–H groups in total. The lowest BCUT2D eigenvalue weighted by Crippen LogP contribution is -2.27. The van der Waals surface area contributed by atoms with Crippen molar-refractivity contribution in [2.45, 2.75) is 13.3 Å². The number of H-pyrrole nitrogens is 1. The van der Waals surface area contributed by atoms with Crippen molar-refractivity contribution in [2.75, 3.05) is 0 Å². The molecule has 0 amide bonds. The molecule has 2 aromatic rings. The molecule has 6 heteroatoms. The van der Waals surface area contributed by atoms with Gasteiger partial charge in [-0.3, -0.25) is 14.2 Å². The molecule has 0 saturated carbocycles. The number of nitrogens with zero attached hydrogens (tertiary/aromatic N) is 1. The van der Waals surface area contributed by atoms with Crippen LogP contribution in [-0.4, -0.2) is 20.6 Å². The molecule has 19 heavy (non-hydrogen) atoms. The lowest BCUT2D eigenvalue weighted by atomic mass is 10.1. The van der Waals surface area contributed by atoms with E-state index in [1.54, 1.807) is 31.2 Å². The molecule has 0 aliphatic carbocycles. The molecule has 0 aliphatic rings. The predicted molar refractivity (Wildman–Crippen MR) is 73.3 cm³/mol. The van der Waals surface area contributed by atoms with E-state index in [-0.39, 0.29) is 16.8 Å². The summed E-state index contributed by atoms with van der Waals surface area (Å²) >= 11 is 5.14. The molecule has 0 unspecified atom stereocenters. The number of para-hydroxylation sites is 1. The van der Waals surface area contributed by atoms with E-state index < -0.39 is 11.5 Å². The smallest absolute Gasteiger partial charge is 0.308 e. The minimum Gasteiger partial charge on any atom is -0.481 e. The van der Waals surface area contributed by atoms with E-state index >= 15 is 0 Å². The molecule has 0 radical (unpaired) electrons. The van der Waals surface area contributed by atoms with Crippen molar-refractivity contribution in [3.8, 4) is 5.69 Å². The van der Waals surface area contributed by atoms with Crippen LogP contribution in [0.15, 0.2) is 35.1 Å².